The van der Waals surface area contributed by atoms with Crippen molar-refractivity contribution in [2.45, 2.75) is 51.6 Å². The van der Waals surface area contributed by atoms with Gasteiger partial charge in [-0.15, -0.1) is 0 Å². The van der Waals surface area contributed by atoms with Crippen molar-refractivity contribution in [3.05, 3.63) is 35.9 Å². The van der Waals surface area contributed by atoms with E-state index in [4.69, 9.17) is 0 Å². The number of hydrogen-bond acceptors (Lipinski definition) is 1. The molecule has 1 fully saturated rings. The van der Waals surface area contributed by atoms with Gasteiger partial charge in [0.1, 0.15) is 0 Å². The maximum absolute atomic E-state index is 10.9. The van der Waals surface area contributed by atoms with E-state index in [0.29, 0.717) is 11.8 Å². The first kappa shape index (κ1) is 12.6. The van der Waals surface area contributed by atoms with Gasteiger partial charge in [-0.05, 0) is 30.7 Å². The van der Waals surface area contributed by atoms with Crippen molar-refractivity contribution >= 4 is 0 Å². The van der Waals surface area contributed by atoms with Crippen LogP contribution in [0.25, 0.3) is 0 Å². The lowest BCUT2D eigenvalue weighted by Crippen LogP contribution is -2.38. The largest absolute Gasteiger partial charge is 0.385 e. The molecule has 0 aromatic heterocycles. The van der Waals surface area contributed by atoms with Gasteiger partial charge in [0.15, 0.2) is 0 Å². The second-order valence-electron chi connectivity index (χ2n) is 5.57. The molecule has 2 rings (SSSR count). The maximum atomic E-state index is 10.9. The monoisotopic (exact) mass is 232 g/mol. The lowest BCUT2D eigenvalue weighted by Gasteiger charge is -2.41. The molecule has 1 nitrogen and oxygen atoms in total. The van der Waals surface area contributed by atoms with E-state index in [2.05, 4.69) is 19.1 Å². The first-order valence-electron chi connectivity index (χ1n) is 6.94. The van der Waals surface area contributed by atoms with Crippen molar-refractivity contribution in [1.82, 2.24) is 0 Å². The molecule has 0 radical (unpaired) electrons. The van der Waals surface area contributed by atoms with Gasteiger partial charge in [-0.25, -0.2) is 0 Å². The fourth-order valence-electron chi connectivity index (χ4n) is 3.43. The zero-order chi connectivity index (χ0) is 12.3. The minimum atomic E-state index is -0.664. The summed E-state index contributed by atoms with van der Waals surface area (Å²) in [7, 11) is 0. The first-order valence-corrected chi connectivity index (χ1v) is 6.94. The SMILES string of the molecule is CCC1CCCCC1C(C)(O)c1ccccc1. The van der Waals surface area contributed by atoms with Gasteiger partial charge in [-0.3, -0.25) is 0 Å². The molecule has 3 atom stereocenters. The van der Waals surface area contributed by atoms with E-state index in [9.17, 15) is 5.11 Å². The van der Waals surface area contributed by atoms with E-state index >= 15 is 0 Å². The molecule has 0 heterocycles. The minimum absolute atomic E-state index is 0.420. The van der Waals surface area contributed by atoms with E-state index in [1.807, 2.05) is 25.1 Å². The van der Waals surface area contributed by atoms with Gasteiger partial charge < -0.3 is 5.11 Å². The summed E-state index contributed by atoms with van der Waals surface area (Å²) in [5, 5.41) is 10.9. The lowest BCUT2D eigenvalue weighted by atomic mass is 9.67. The summed E-state index contributed by atoms with van der Waals surface area (Å²) in [5.74, 6) is 1.10. The summed E-state index contributed by atoms with van der Waals surface area (Å²) in [5.41, 5.74) is 0.410. The van der Waals surface area contributed by atoms with Crippen LogP contribution < -0.4 is 0 Å². The molecule has 1 aliphatic carbocycles. The van der Waals surface area contributed by atoms with Gasteiger partial charge in [-0.2, -0.15) is 0 Å². The average molecular weight is 232 g/mol. The molecular weight excluding hydrogens is 208 g/mol. The second-order valence-corrected chi connectivity index (χ2v) is 5.57. The molecule has 3 unspecified atom stereocenters. The molecule has 1 N–H and O–H groups in total. The Morgan fingerprint density at radius 1 is 1.18 bits per heavy atom. The van der Waals surface area contributed by atoms with Crippen LogP contribution in [-0.4, -0.2) is 5.11 Å². The van der Waals surface area contributed by atoms with Gasteiger partial charge in [0.05, 0.1) is 5.60 Å². The Kier molecular flexibility index (Phi) is 3.88. The van der Waals surface area contributed by atoms with Crippen molar-refractivity contribution in [1.29, 1.82) is 0 Å². The molecule has 0 spiro atoms. The third-order valence-corrected chi connectivity index (χ3v) is 4.51. The zero-order valence-electron chi connectivity index (χ0n) is 11.0. The topological polar surface area (TPSA) is 20.2 Å². The van der Waals surface area contributed by atoms with Crippen LogP contribution in [0.1, 0.15) is 51.5 Å². The molecular formula is C16H24O. The zero-order valence-corrected chi connectivity index (χ0v) is 11.0. The highest BCUT2D eigenvalue weighted by Crippen LogP contribution is 2.43. The first-order chi connectivity index (χ1) is 8.16. The molecule has 0 aliphatic heterocycles. The predicted octanol–water partition coefficient (Wildman–Crippen LogP) is 4.11. The van der Waals surface area contributed by atoms with E-state index in [0.717, 1.165) is 5.56 Å². The molecule has 0 saturated heterocycles. The minimum Gasteiger partial charge on any atom is -0.385 e. The molecule has 1 heteroatoms. The van der Waals surface area contributed by atoms with Gasteiger partial charge in [0.25, 0.3) is 0 Å². The fraction of sp³-hybridized carbons (Fsp3) is 0.625. The maximum Gasteiger partial charge on any atom is 0.0899 e. The molecule has 0 amide bonds. The Hall–Kier alpha value is -0.820. The van der Waals surface area contributed by atoms with Crippen molar-refractivity contribution in [3.8, 4) is 0 Å². The number of hydrogen-bond donors (Lipinski definition) is 1. The predicted molar refractivity (Wildman–Crippen MR) is 71.8 cm³/mol. The second kappa shape index (κ2) is 5.22. The Bertz CT molecular complexity index is 342. The average Bonchev–Trinajstić information content (AvgIpc) is 2.39. The van der Waals surface area contributed by atoms with Gasteiger partial charge in [0.2, 0.25) is 0 Å². The number of rotatable bonds is 3. The highest BCUT2D eigenvalue weighted by Gasteiger charge is 2.39. The van der Waals surface area contributed by atoms with Crippen LogP contribution in [0.4, 0.5) is 0 Å². The summed E-state index contributed by atoms with van der Waals surface area (Å²) >= 11 is 0. The van der Waals surface area contributed by atoms with Crippen LogP contribution in [0.3, 0.4) is 0 Å². The third kappa shape index (κ3) is 2.55. The van der Waals surface area contributed by atoms with Gasteiger partial charge in [0, 0.05) is 0 Å². The highest BCUT2D eigenvalue weighted by molar-refractivity contribution is 5.22. The smallest absolute Gasteiger partial charge is 0.0899 e. The molecule has 1 aromatic carbocycles. The summed E-state index contributed by atoms with van der Waals surface area (Å²) in [4.78, 5) is 0. The number of benzene rings is 1. The molecule has 1 aliphatic rings. The molecule has 94 valence electrons. The van der Waals surface area contributed by atoms with Crippen molar-refractivity contribution in [2.75, 3.05) is 0 Å². The lowest BCUT2D eigenvalue weighted by molar-refractivity contribution is -0.0489. The Balaban J connectivity index is 2.24. The van der Waals surface area contributed by atoms with Gasteiger partial charge in [-0.1, -0.05) is 62.9 Å². The van der Waals surface area contributed by atoms with Crippen LogP contribution in [0.2, 0.25) is 0 Å². The molecule has 17 heavy (non-hydrogen) atoms. The van der Waals surface area contributed by atoms with E-state index in [1.54, 1.807) is 0 Å². The van der Waals surface area contributed by atoms with Crippen molar-refractivity contribution in [2.24, 2.45) is 11.8 Å². The van der Waals surface area contributed by atoms with Crippen LogP contribution >= 0.6 is 0 Å². The van der Waals surface area contributed by atoms with E-state index in [1.165, 1.54) is 32.1 Å². The standard InChI is InChI=1S/C16H24O/c1-3-13-9-7-8-12-15(13)16(2,17)14-10-5-4-6-11-14/h4-6,10-11,13,15,17H,3,7-9,12H2,1-2H3. The Morgan fingerprint density at radius 3 is 2.47 bits per heavy atom. The molecule has 1 saturated carbocycles. The Labute approximate surface area is 105 Å². The fourth-order valence-corrected chi connectivity index (χ4v) is 3.43. The molecule has 1 aromatic rings. The van der Waals surface area contributed by atoms with Gasteiger partial charge >= 0.3 is 0 Å². The highest BCUT2D eigenvalue weighted by atomic mass is 16.3. The van der Waals surface area contributed by atoms with Crippen molar-refractivity contribution < 1.29 is 5.11 Å². The number of aliphatic hydroxyl groups is 1. The summed E-state index contributed by atoms with van der Waals surface area (Å²) in [6, 6.07) is 10.2. The van der Waals surface area contributed by atoms with E-state index < -0.39 is 5.60 Å². The Morgan fingerprint density at radius 2 is 1.82 bits per heavy atom. The van der Waals surface area contributed by atoms with Crippen LogP contribution in [0, 0.1) is 11.8 Å². The summed E-state index contributed by atoms with van der Waals surface area (Å²) in [6.07, 6.45) is 6.24. The third-order valence-electron chi connectivity index (χ3n) is 4.51. The van der Waals surface area contributed by atoms with Crippen LogP contribution in [0.15, 0.2) is 30.3 Å². The quantitative estimate of drug-likeness (QED) is 0.831. The molecule has 0 bridgehead atoms. The normalized spacial score (nSPS) is 28.6. The van der Waals surface area contributed by atoms with Crippen molar-refractivity contribution in [3.63, 3.8) is 0 Å². The summed E-state index contributed by atoms with van der Waals surface area (Å²) in [6.45, 7) is 4.26. The van der Waals surface area contributed by atoms with Crippen LogP contribution in [-0.2, 0) is 5.60 Å². The van der Waals surface area contributed by atoms with Crippen LogP contribution in [0.5, 0.6) is 0 Å². The summed E-state index contributed by atoms with van der Waals surface area (Å²) < 4.78 is 0. The van der Waals surface area contributed by atoms with E-state index in [-0.39, 0.29) is 0 Å².